The lowest BCUT2D eigenvalue weighted by molar-refractivity contribution is -0.131. The van der Waals surface area contributed by atoms with E-state index >= 15 is 0 Å². The molecular weight excluding hydrogens is 164 g/mol. The van der Waals surface area contributed by atoms with E-state index in [0.29, 0.717) is 0 Å². The number of aliphatic carboxylic acids is 1. The maximum Gasteiger partial charge on any atom is 0.328 e. The number of aryl methyl sites for hydroxylation is 2. The molecule has 0 aliphatic rings. The van der Waals surface area contributed by atoms with E-state index in [0.717, 1.165) is 22.8 Å². The molecule has 0 aliphatic heterocycles. The van der Waals surface area contributed by atoms with Crippen molar-refractivity contribution in [3.05, 3.63) is 41.0 Å². The molecule has 0 spiro atoms. The van der Waals surface area contributed by atoms with Crippen molar-refractivity contribution < 1.29 is 9.90 Å². The van der Waals surface area contributed by atoms with Crippen molar-refractivity contribution in [2.45, 2.75) is 13.8 Å². The molecule has 2 heteroatoms. The van der Waals surface area contributed by atoms with Gasteiger partial charge in [0, 0.05) is 6.08 Å². The van der Waals surface area contributed by atoms with Gasteiger partial charge in [-0.2, -0.15) is 0 Å². The lowest BCUT2D eigenvalue weighted by Crippen LogP contribution is -1.87. The standard InChI is InChI=1S/C11H12O2/c1-8-3-4-9(2)10(7-8)5-6-11(12)13/h3-7H,1-2H3,(H,12,13)/b6-5-. The summed E-state index contributed by atoms with van der Waals surface area (Å²) in [7, 11) is 0. The Bertz CT molecular complexity index is 351. The van der Waals surface area contributed by atoms with Gasteiger partial charge in [-0.15, -0.1) is 0 Å². The van der Waals surface area contributed by atoms with Crippen molar-refractivity contribution in [2.24, 2.45) is 0 Å². The van der Waals surface area contributed by atoms with Crippen molar-refractivity contribution >= 4 is 12.0 Å². The van der Waals surface area contributed by atoms with Crippen LogP contribution in [0, 0.1) is 13.8 Å². The zero-order valence-corrected chi connectivity index (χ0v) is 7.74. The van der Waals surface area contributed by atoms with Gasteiger partial charge < -0.3 is 5.11 Å². The molecule has 0 amide bonds. The van der Waals surface area contributed by atoms with Gasteiger partial charge in [-0.05, 0) is 31.1 Å². The SMILES string of the molecule is Cc1ccc(C)c(/C=C\C(=O)O)c1. The fraction of sp³-hybridized carbons (Fsp3) is 0.182. The van der Waals surface area contributed by atoms with E-state index in [-0.39, 0.29) is 0 Å². The maximum absolute atomic E-state index is 10.3. The Balaban J connectivity index is 3.00. The van der Waals surface area contributed by atoms with Crippen molar-refractivity contribution in [1.82, 2.24) is 0 Å². The molecule has 0 radical (unpaired) electrons. The van der Waals surface area contributed by atoms with E-state index in [1.165, 1.54) is 0 Å². The molecule has 1 aromatic rings. The molecule has 2 nitrogen and oxygen atoms in total. The van der Waals surface area contributed by atoms with Crippen LogP contribution in [0.1, 0.15) is 16.7 Å². The third-order valence-electron chi connectivity index (χ3n) is 1.84. The highest BCUT2D eigenvalue weighted by Gasteiger charge is 1.94. The number of carboxylic acids is 1. The summed E-state index contributed by atoms with van der Waals surface area (Å²) in [6.45, 7) is 3.94. The Morgan fingerprint density at radius 3 is 2.69 bits per heavy atom. The van der Waals surface area contributed by atoms with Crippen molar-refractivity contribution in [3.8, 4) is 0 Å². The van der Waals surface area contributed by atoms with Crippen molar-refractivity contribution in [3.63, 3.8) is 0 Å². The summed E-state index contributed by atoms with van der Waals surface area (Å²) in [6.07, 6.45) is 2.77. The third-order valence-corrected chi connectivity index (χ3v) is 1.84. The van der Waals surface area contributed by atoms with E-state index < -0.39 is 5.97 Å². The Kier molecular flexibility index (Phi) is 2.85. The average Bonchev–Trinajstić information content (AvgIpc) is 2.06. The van der Waals surface area contributed by atoms with Crippen LogP contribution in [0.4, 0.5) is 0 Å². The van der Waals surface area contributed by atoms with Crippen LogP contribution >= 0.6 is 0 Å². The van der Waals surface area contributed by atoms with Gasteiger partial charge in [0.25, 0.3) is 0 Å². The van der Waals surface area contributed by atoms with Gasteiger partial charge in [0.1, 0.15) is 0 Å². The third kappa shape index (κ3) is 2.75. The molecule has 0 heterocycles. The highest BCUT2D eigenvalue weighted by Crippen LogP contribution is 2.11. The molecule has 0 aromatic heterocycles. The summed E-state index contributed by atoms with van der Waals surface area (Å²) in [4.78, 5) is 10.3. The first kappa shape index (κ1) is 9.52. The normalized spacial score (nSPS) is 10.6. The quantitative estimate of drug-likeness (QED) is 0.702. The lowest BCUT2D eigenvalue weighted by atomic mass is 10.1. The second-order valence-corrected chi connectivity index (χ2v) is 3.03. The highest BCUT2D eigenvalue weighted by atomic mass is 16.4. The van der Waals surface area contributed by atoms with Crippen LogP contribution in [0.15, 0.2) is 24.3 Å². The van der Waals surface area contributed by atoms with Gasteiger partial charge in [0.05, 0.1) is 0 Å². The van der Waals surface area contributed by atoms with Crippen LogP contribution in [0.2, 0.25) is 0 Å². The first-order valence-corrected chi connectivity index (χ1v) is 4.08. The molecule has 1 rings (SSSR count). The smallest absolute Gasteiger partial charge is 0.328 e. The summed E-state index contributed by atoms with van der Waals surface area (Å²) in [5.41, 5.74) is 3.18. The molecule has 1 N–H and O–H groups in total. The number of rotatable bonds is 2. The lowest BCUT2D eigenvalue weighted by Gasteiger charge is -2.00. The van der Waals surface area contributed by atoms with Gasteiger partial charge in [0.15, 0.2) is 0 Å². The Hall–Kier alpha value is -1.57. The predicted molar refractivity (Wildman–Crippen MR) is 52.6 cm³/mol. The van der Waals surface area contributed by atoms with Gasteiger partial charge in [-0.1, -0.05) is 23.8 Å². The zero-order chi connectivity index (χ0) is 9.84. The van der Waals surface area contributed by atoms with Crippen LogP contribution in [0.3, 0.4) is 0 Å². The molecule has 0 saturated heterocycles. The van der Waals surface area contributed by atoms with E-state index in [2.05, 4.69) is 0 Å². The fourth-order valence-corrected chi connectivity index (χ4v) is 1.10. The van der Waals surface area contributed by atoms with Crippen LogP contribution < -0.4 is 0 Å². The number of carboxylic acid groups (broad SMARTS) is 1. The Morgan fingerprint density at radius 2 is 2.08 bits per heavy atom. The van der Waals surface area contributed by atoms with Gasteiger partial charge in [0.2, 0.25) is 0 Å². The Labute approximate surface area is 77.5 Å². The van der Waals surface area contributed by atoms with Crippen molar-refractivity contribution in [2.75, 3.05) is 0 Å². The zero-order valence-electron chi connectivity index (χ0n) is 7.74. The monoisotopic (exact) mass is 176 g/mol. The van der Waals surface area contributed by atoms with Gasteiger partial charge in [-0.3, -0.25) is 0 Å². The van der Waals surface area contributed by atoms with E-state index in [1.807, 2.05) is 32.0 Å². The molecular formula is C11H12O2. The molecule has 68 valence electrons. The summed E-state index contributed by atoms with van der Waals surface area (Å²) in [5.74, 6) is -0.916. The molecule has 0 saturated carbocycles. The van der Waals surface area contributed by atoms with Gasteiger partial charge >= 0.3 is 5.97 Å². The average molecular weight is 176 g/mol. The number of carbonyl (C=O) groups is 1. The largest absolute Gasteiger partial charge is 0.478 e. The summed E-state index contributed by atoms with van der Waals surface area (Å²) in [6, 6.07) is 5.96. The van der Waals surface area contributed by atoms with E-state index in [1.54, 1.807) is 6.08 Å². The number of benzene rings is 1. The number of hydrogen-bond donors (Lipinski definition) is 1. The van der Waals surface area contributed by atoms with Gasteiger partial charge in [-0.25, -0.2) is 4.79 Å². The topological polar surface area (TPSA) is 37.3 Å². The summed E-state index contributed by atoms with van der Waals surface area (Å²) >= 11 is 0. The minimum Gasteiger partial charge on any atom is -0.478 e. The molecule has 0 unspecified atom stereocenters. The molecule has 0 aliphatic carbocycles. The van der Waals surface area contributed by atoms with Crippen LogP contribution in [0.25, 0.3) is 6.08 Å². The minimum atomic E-state index is -0.916. The molecule has 0 atom stereocenters. The first-order chi connectivity index (χ1) is 6.09. The van der Waals surface area contributed by atoms with E-state index in [9.17, 15) is 4.79 Å². The van der Waals surface area contributed by atoms with Crippen LogP contribution in [-0.4, -0.2) is 11.1 Å². The molecule has 0 fully saturated rings. The second kappa shape index (κ2) is 3.90. The predicted octanol–water partition coefficient (Wildman–Crippen LogP) is 2.40. The summed E-state index contributed by atoms with van der Waals surface area (Å²) in [5, 5.41) is 8.45. The highest BCUT2D eigenvalue weighted by molar-refractivity contribution is 5.85. The maximum atomic E-state index is 10.3. The first-order valence-electron chi connectivity index (χ1n) is 4.08. The van der Waals surface area contributed by atoms with E-state index in [4.69, 9.17) is 5.11 Å². The molecule has 13 heavy (non-hydrogen) atoms. The van der Waals surface area contributed by atoms with Crippen LogP contribution in [-0.2, 0) is 4.79 Å². The summed E-state index contributed by atoms with van der Waals surface area (Å²) < 4.78 is 0. The van der Waals surface area contributed by atoms with Crippen molar-refractivity contribution in [1.29, 1.82) is 0 Å². The fourth-order valence-electron chi connectivity index (χ4n) is 1.10. The molecule has 1 aromatic carbocycles. The number of hydrogen-bond acceptors (Lipinski definition) is 1. The minimum absolute atomic E-state index is 0.916. The Morgan fingerprint density at radius 1 is 1.38 bits per heavy atom. The second-order valence-electron chi connectivity index (χ2n) is 3.03. The molecule has 0 bridgehead atoms. The van der Waals surface area contributed by atoms with Crippen LogP contribution in [0.5, 0.6) is 0 Å².